The summed E-state index contributed by atoms with van der Waals surface area (Å²) in [4.78, 5) is 23.2. The fourth-order valence-corrected chi connectivity index (χ4v) is 1.15. The molecule has 0 aromatic heterocycles. The number of amides is 1. The molecule has 5 heteroatoms. The molecule has 0 aliphatic heterocycles. The Bertz CT molecular complexity index is 221. The molecule has 0 atom stereocenters. The van der Waals surface area contributed by atoms with Crippen LogP contribution < -0.4 is 5.73 Å². The molecule has 0 saturated carbocycles. The van der Waals surface area contributed by atoms with Crippen molar-refractivity contribution in [2.24, 2.45) is 5.73 Å². The van der Waals surface area contributed by atoms with Crippen LogP contribution in [0.5, 0.6) is 0 Å². The van der Waals surface area contributed by atoms with E-state index in [1.807, 2.05) is 20.8 Å². The number of hydrogen-bond donors (Lipinski definition) is 2. The minimum absolute atomic E-state index is 0.0526. The minimum atomic E-state index is -0.913. The molecule has 0 saturated heterocycles. The number of hydrogen-bond acceptors (Lipinski definition) is 3. The van der Waals surface area contributed by atoms with Crippen molar-refractivity contribution in [3.05, 3.63) is 0 Å². The first kappa shape index (κ1) is 12.9. The summed E-state index contributed by atoms with van der Waals surface area (Å²) in [6.07, 6.45) is -0.0526. The van der Waals surface area contributed by atoms with Crippen LogP contribution in [0.15, 0.2) is 0 Å². The molecule has 0 aromatic carbocycles. The van der Waals surface area contributed by atoms with Crippen LogP contribution in [0.4, 0.5) is 0 Å². The van der Waals surface area contributed by atoms with Crippen molar-refractivity contribution in [3.63, 3.8) is 0 Å². The van der Waals surface area contributed by atoms with Crippen molar-refractivity contribution >= 4 is 11.9 Å². The van der Waals surface area contributed by atoms with Crippen LogP contribution in [0.2, 0.25) is 0 Å². The van der Waals surface area contributed by atoms with E-state index in [0.717, 1.165) is 0 Å². The highest BCUT2D eigenvalue weighted by atomic mass is 16.4. The predicted octanol–water partition coefficient (Wildman–Crippen LogP) is 0.0469. The second kappa shape index (κ2) is 4.95. The number of aliphatic carboxylic acids is 1. The lowest BCUT2D eigenvalue weighted by molar-refractivity contribution is -0.140. The van der Waals surface area contributed by atoms with Gasteiger partial charge in [0.05, 0.1) is 13.0 Å². The summed E-state index contributed by atoms with van der Waals surface area (Å²) >= 11 is 0. The molecule has 0 aromatic rings. The van der Waals surface area contributed by atoms with Crippen LogP contribution in [0, 0.1) is 0 Å². The normalized spacial score (nSPS) is 11.1. The molecule has 0 aliphatic carbocycles. The van der Waals surface area contributed by atoms with Gasteiger partial charge in [0.1, 0.15) is 0 Å². The van der Waals surface area contributed by atoms with Gasteiger partial charge < -0.3 is 15.7 Å². The van der Waals surface area contributed by atoms with Crippen LogP contribution >= 0.6 is 0 Å². The zero-order chi connectivity index (χ0) is 11.4. The lowest BCUT2D eigenvalue weighted by atomic mass is 10.1. The van der Waals surface area contributed by atoms with E-state index < -0.39 is 5.97 Å². The van der Waals surface area contributed by atoms with Gasteiger partial charge in [-0.3, -0.25) is 9.59 Å². The Morgan fingerprint density at radius 2 is 1.86 bits per heavy atom. The van der Waals surface area contributed by atoms with Crippen LogP contribution in [-0.2, 0) is 9.59 Å². The summed E-state index contributed by atoms with van der Waals surface area (Å²) < 4.78 is 0. The van der Waals surface area contributed by atoms with Crippen molar-refractivity contribution in [1.82, 2.24) is 4.90 Å². The van der Waals surface area contributed by atoms with Crippen molar-refractivity contribution < 1.29 is 14.7 Å². The largest absolute Gasteiger partial charge is 0.481 e. The van der Waals surface area contributed by atoms with Crippen LogP contribution in [0.25, 0.3) is 0 Å². The molecule has 0 fully saturated rings. The molecule has 0 rings (SSSR count). The third kappa shape index (κ3) is 4.23. The lowest BCUT2D eigenvalue weighted by Crippen LogP contribution is -2.49. The van der Waals surface area contributed by atoms with Gasteiger partial charge in [-0.05, 0) is 20.8 Å². The van der Waals surface area contributed by atoms with Crippen LogP contribution in [0.1, 0.15) is 27.2 Å². The molecule has 0 radical (unpaired) electrons. The van der Waals surface area contributed by atoms with E-state index in [0.29, 0.717) is 0 Å². The van der Waals surface area contributed by atoms with Gasteiger partial charge in [-0.1, -0.05) is 0 Å². The predicted molar refractivity (Wildman–Crippen MR) is 52.8 cm³/mol. The first-order chi connectivity index (χ1) is 6.29. The SMILES string of the molecule is CC(C)(C)N(CCC(=O)O)C(=O)CN. The molecule has 14 heavy (non-hydrogen) atoms. The van der Waals surface area contributed by atoms with Crippen molar-refractivity contribution in [2.75, 3.05) is 13.1 Å². The molecule has 3 N–H and O–H groups in total. The Morgan fingerprint density at radius 3 is 2.14 bits per heavy atom. The van der Waals surface area contributed by atoms with Gasteiger partial charge in [0.2, 0.25) is 5.91 Å². The highest BCUT2D eigenvalue weighted by Crippen LogP contribution is 2.13. The number of carbonyl (C=O) groups excluding carboxylic acids is 1. The van der Waals surface area contributed by atoms with E-state index >= 15 is 0 Å². The molecule has 82 valence electrons. The minimum Gasteiger partial charge on any atom is -0.481 e. The third-order valence-electron chi connectivity index (χ3n) is 1.83. The van der Waals surface area contributed by atoms with E-state index in [-0.39, 0.29) is 31.0 Å². The Morgan fingerprint density at radius 1 is 1.36 bits per heavy atom. The summed E-state index contributed by atoms with van der Waals surface area (Å²) in [7, 11) is 0. The van der Waals surface area contributed by atoms with Gasteiger partial charge in [0.25, 0.3) is 0 Å². The number of carboxylic acid groups (broad SMARTS) is 1. The Hall–Kier alpha value is -1.10. The Labute approximate surface area is 83.9 Å². The molecule has 1 amide bonds. The van der Waals surface area contributed by atoms with E-state index in [1.54, 1.807) is 0 Å². The fourth-order valence-electron chi connectivity index (χ4n) is 1.15. The maximum absolute atomic E-state index is 11.4. The van der Waals surface area contributed by atoms with E-state index in [2.05, 4.69) is 0 Å². The van der Waals surface area contributed by atoms with E-state index in [1.165, 1.54) is 4.90 Å². The summed E-state index contributed by atoms with van der Waals surface area (Å²) in [5.74, 6) is -1.14. The second-order valence-electron chi connectivity index (χ2n) is 4.06. The summed E-state index contributed by atoms with van der Waals surface area (Å²) in [6.45, 7) is 5.67. The van der Waals surface area contributed by atoms with Gasteiger partial charge in [-0.25, -0.2) is 0 Å². The first-order valence-corrected chi connectivity index (χ1v) is 4.51. The third-order valence-corrected chi connectivity index (χ3v) is 1.83. The van der Waals surface area contributed by atoms with Gasteiger partial charge in [-0.2, -0.15) is 0 Å². The van der Waals surface area contributed by atoms with E-state index in [9.17, 15) is 9.59 Å². The maximum Gasteiger partial charge on any atom is 0.305 e. The highest BCUT2D eigenvalue weighted by Gasteiger charge is 2.25. The molecular formula is C9H18N2O3. The monoisotopic (exact) mass is 202 g/mol. The van der Waals surface area contributed by atoms with Crippen molar-refractivity contribution in [1.29, 1.82) is 0 Å². The molecule has 0 spiro atoms. The number of nitrogens with zero attached hydrogens (tertiary/aromatic N) is 1. The standard InChI is InChI=1S/C9H18N2O3/c1-9(2,3)11(7(12)6-10)5-4-8(13)14/h4-6,10H2,1-3H3,(H,13,14). The maximum atomic E-state index is 11.4. The number of carbonyl (C=O) groups is 2. The smallest absolute Gasteiger partial charge is 0.305 e. The number of rotatable bonds is 4. The zero-order valence-corrected chi connectivity index (χ0v) is 8.91. The van der Waals surface area contributed by atoms with Gasteiger partial charge in [0, 0.05) is 12.1 Å². The number of carboxylic acids is 1. The van der Waals surface area contributed by atoms with Crippen LogP contribution in [0.3, 0.4) is 0 Å². The second-order valence-corrected chi connectivity index (χ2v) is 4.06. The topological polar surface area (TPSA) is 83.6 Å². The Balaban J connectivity index is 4.41. The first-order valence-electron chi connectivity index (χ1n) is 4.51. The lowest BCUT2D eigenvalue weighted by Gasteiger charge is -2.35. The molecular weight excluding hydrogens is 184 g/mol. The average molecular weight is 202 g/mol. The molecule has 0 heterocycles. The zero-order valence-electron chi connectivity index (χ0n) is 8.91. The molecule has 5 nitrogen and oxygen atoms in total. The van der Waals surface area contributed by atoms with Crippen molar-refractivity contribution in [2.45, 2.75) is 32.7 Å². The van der Waals surface area contributed by atoms with Gasteiger partial charge in [-0.15, -0.1) is 0 Å². The van der Waals surface area contributed by atoms with Crippen molar-refractivity contribution in [3.8, 4) is 0 Å². The summed E-state index contributed by atoms with van der Waals surface area (Å²) in [6, 6.07) is 0. The quantitative estimate of drug-likeness (QED) is 0.674. The van der Waals surface area contributed by atoms with E-state index in [4.69, 9.17) is 10.8 Å². The summed E-state index contributed by atoms with van der Waals surface area (Å²) in [5.41, 5.74) is 4.85. The number of nitrogens with two attached hydrogens (primary N) is 1. The summed E-state index contributed by atoms with van der Waals surface area (Å²) in [5, 5.41) is 8.51. The molecule has 0 unspecified atom stereocenters. The molecule has 0 bridgehead atoms. The molecule has 0 aliphatic rings. The van der Waals surface area contributed by atoms with Gasteiger partial charge >= 0.3 is 5.97 Å². The van der Waals surface area contributed by atoms with Gasteiger partial charge in [0.15, 0.2) is 0 Å². The highest BCUT2D eigenvalue weighted by molar-refractivity contribution is 5.79. The average Bonchev–Trinajstić information content (AvgIpc) is 2.01. The van der Waals surface area contributed by atoms with Crippen LogP contribution in [-0.4, -0.2) is 40.5 Å². The Kier molecular flexibility index (Phi) is 4.56. The fraction of sp³-hybridized carbons (Fsp3) is 0.778.